The standard InChI is InChI=1S/C13H17NO3/c1-9(2)12(15)8-10-4-6-11(7-5-10)14-13(16)17-3/h4-7,9H,8H2,1-3H3,(H,14,16). The Morgan fingerprint density at radius 3 is 2.29 bits per heavy atom. The molecule has 0 saturated carbocycles. The third kappa shape index (κ3) is 4.26. The summed E-state index contributed by atoms with van der Waals surface area (Å²) < 4.78 is 4.48. The van der Waals surface area contributed by atoms with Gasteiger partial charge in [0.05, 0.1) is 7.11 Å². The van der Waals surface area contributed by atoms with E-state index in [-0.39, 0.29) is 11.7 Å². The number of ketones is 1. The Balaban J connectivity index is 2.62. The quantitative estimate of drug-likeness (QED) is 0.872. The van der Waals surface area contributed by atoms with Crippen LogP contribution in [0.15, 0.2) is 24.3 Å². The molecule has 1 aromatic carbocycles. The Hall–Kier alpha value is -1.84. The lowest BCUT2D eigenvalue weighted by Crippen LogP contribution is -2.12. The molecular weight excluding hydrogens is 218 g/mol. The van der Waals surface area contributed by atoms with Crippen LogP contribution in [0.1, 0.15) is 19.4 Å². The molecule has 0 saturated heterocycles. The summed E-state index contributed by atoms with van der Waals surface area (Å²) in [5, 5.41) is 2.55. The van der Waals surface area contributed by atoms with E-state index in [2.05, 4.69) is 10.1 Å². The predicted octanol–water partition coefficient (Wildman–Crippen LogP) is 2.63. The zero-order valence-electron chi connectivity index (χ0n) is 10.3. The van der Waals surface area contributed by atoms with Gasteiger partial charge in [0.2, 0.25) is 0 Å². The molecule has 4 nitrogen and oxygen atoms in total. The highest BCUT2D eigenvalue weighted by atomic mass is 16.5. The van der Waals surface area contributed by atoms with E-state index in [1.807, 2.05) is 26.0 Å². The lowest BCUT2D eigenvalue weighted by molar-refractivity contribution is -0.121. The minimum absolute atomic E-state index is 0.0443. The van der Waals surface area contributed by atoms with Gasteiger partial charge >= 0.3 is 6.09 Å². The smallest absolute Gasteiger partial charge is 0.411 e. The molecule has 0 heterocycles. The number of amides is 1. The number of anilines is 1. The van der Waals surface area contributed by atoms with Crippen LogP contribution in [0.25, 0.3) is 0 Å². The summed E-state index contributed by atoms with van der Waals surface area (Å²) in [4.78, 5) is 22.5. The maximum atomic E-state index is 11.5. The van der Waals surface area contributed by atoms with Gasteiger partial charge in [0.15, 0.2) is 0 Å². The third-order valence-corrected chi connectivity index (χ3v) is 2.41. The molecule has 0 unspecified atom stereocenters. The Labute approximate surface area is 101 Å². The molecule has 0 aliphatic rings. The van der Waals surface area contributed by atoms with Gasteiger partial charge in [-0.15, -0.1) is 0 Å². The number of hydrogen-bond acceptors (Lipinski definition) is 3. The summed E-state index contributed by atoms with van der Waals surface area (Å²) in [5.74, 6) is 0.251. The maximum absolute atomic E-state index is 11.5. The van der Waals surface area contributed by atoms with Crippen molar-refractivity contribution in [3.63, 3.8) is 0 Å². The largest absolute Gasteiger partial charge is 0.453 e. The molecule has 0 aromatic heterocycles. The molecule has 1 aromatic rings. The highest BCUT2D eigenvalue weighted by Crippen LogP contribution is 2.12. The van der Waals surface area contributed by atoms with Gasteiger partial charge in [-0.05, 0) is 17.7 Å². The van der Waals surface area contributed by atoms with Crippen LogP contribution in [0.4, 0.5) is 10.5 Å². The lowest BCUT2D eigenvalue weighted by Gasteiger charge is -2.06. The highest BCUT2D eigenvalue weighted by Gasteiger charge is 2.08. The van der Waals surface area contributed by atoms with Crippen molar-refractivity contribution in [3.05, 3.63) is 29.8 Å². The lowest BCUT2D eigenvalue weighted by atomic mass is 10.0. The van der Waals surface area contributed by atoms with E-state index in [9.17, 15) is 9.59 Å². The zero-order chi connectivity index (χ0) is 12.8. The number of benzene rings is 1. The van der Waals surface area contributed by atoms with Gasteiger partial charge in [-0.2, -0.15) is 0 Å². The topological polar surface area (TPSA) is 55.4 Å². The SMILES string of the molecule is COC(=O)Nc1ccc(CC(=O)C(C)C)cc1. The molecule has 0 bridgehead atoms. The Morgan fingerprint density at radius 2 is 1.82 bits per heavy atom. The minimum atomic E-state index is -0.504. The summed E-state index contributed by atoms with van der Waals surface area (Å²) in [6.07, 6.45) is -0.0769. The minimum Gasteiger partial charge on any atom is -0.453 e. The first-order chi connectivity index (χ1) is 8.02. The summed E-state index contributed by atoms with van der Waals surface area (Å²) in [6, 6.07) is 7.15. The molecule has 0 fully saturated rings. The van der Waals surface area contributed by atoms with Gasteiger partial charge in [-0.25, -0.2) is 4.79 Å². The van der Waals surface area contributed by atoms with Crippen molar-refractivity contribution in [1.82, 2.24) is 0 Å². The van der Waals surface area contributed by atoms with E-state index in [1.54, 1.807) is 12.1 Å². The van der Waals surface area contributed by atoms with E-state index < -0.39 is 6.09 Å². The van der Waals surface area contributed by atoms with Crippen molar-refractivity contribution >= 4 is 17.6 Å². The van der Waals surface area contributed by atoms with E-state index in [1.165, 1.54) is 7.11 Å². The molecule has 0 spiro atoms. The number of nitrogens with one attached hydrogen (secondary N) is 1. The number of methoxy groups -OCH3 is 1. The number of ether oxygens (including phenoxy) is 1. The third-order valence-electron chi connectivity index (χ3n) is 2.41. The van der Waals surface area contributed by atoms with E-state index in [4.69, 9.17) is 0 Å². The average Bonchev–Trinajstić information content (AvgIpc) is 2.31. The molecule has 0 radical (unpaired) electrons. The molecule has 1 amide bonds. The van der Waals surface area contributed by atoms with E-state index >= 15 is 0 Å². The molecule has 1 N–H and O–H groups in total. The van der Waals surface area contributed by atoms with Crippen molar-refractivity contribution in [2.24, 2.45) is 5.92 Å². The van der Waals surface area contributed by atoms with E-state index in [0.717, 1.165) is 5.56 Å². The first-order valence-electron chi connectivity index (χ1n) is 5.49. The van der Waals surface area contributed by atoms with Crippen molar-refractivity contribution in [1.29, 1.82) is 0 Å². The second kappa shape index (κ2) is 6.03. The zero-order valence-corrected chi connectivity index (χ0v) is 10.3. The first-order valence-corrected chi connectivity index (χ1v) is 5.49. The van der Waals surface area contributed by atoms with Gasteiger partial charge in [-0.3, -0.25) is 10.1 Å². The molecular formula is C13H17NO3. The molecule has 0 aliphatic heterocycles. The van der Waals surface area contributed by atoms with Gasteiger partial charge in [0, 0.05) is 18.0 Å². The van der Waals surface area contributed by atoms with Gasteiger partial charge < -0.3 is 4.74 Å². The number of Topliss-reactive ketones (excluding diaryl/α,β-unsaturated/α-hetero) is 1. The Bertz CT molecular complexity index is 396. The van der Waals surface area contributed by atoms with Crippen LogP contribution in [0.2, 0.25) is 0 Å². The number of carbonyl (C=O) groups is 2. The number of carbonyl (C=O) groups excluding carboxylic acids is 2. The van der Waals surface area contributed by atoms with Crippen LogP contribution in [0.5, 0.6) is 0 Å². The molecule has 1 rings (SSSR count). The fraction of sp³-hybridized carbons (Fsp3) is 0.385. The van der Waals surface area contributed by atoms with Crippen LogP contribution in [0.3, 0.4) is 0 Å². The van der Waals surface area contributed by atoms with Crippen LogP contribution in [-0.2, 0) is 16.0 Å². The summed E-state index contributed by atoms with van der Waals surface area (Å²) in [6.45, 7) is 3.77. The van der Waals surface area contributed by atoms with Crippen molar-refractivity contribution in [2.45, 2.75) is 20.3 Å². The predicted molar refractivity (Wildman–Crippen MR) is 66.0 cm³/mol. The summed E-state index contributed by atoms with van der Waals surface area (Å²) >= 11 is 0. The first kappa shape index (κ1) is 13.2. The molecule has 0 aliphatic carbocycles. The van der Waals surface area contributed by atoms with Crippen LogP contribution in [0, 0.1) is 5.92 Å². The fourth-order valence-electron chi connectivity index (χ4n) is 1.28. The van der Waals surface area contributed by atoms with Crippen LogP contribution in [-0.4, -0.2) is 19.0 Å². The van der Waals surface area contributed by atoms with Crippen molar-refractivity contribution < 1.29 is 14.3 Å². The molecule has 4 heteroatoms. The summed E-state index contributed by atoms with van der Waals surface area (Å²) in [7, 11) is 1.31. The van der Waals surface area contributed by atoms with Gasteiger partial charge in [0.25, 0.3) is 0 Å². The highest BCUT2D eigenvalue weighted by molar-refractivity contribution is 5.85. The Morgan fingerprint density at radius 1 is 1.24 bits per heavy atom. The number of hydrogen-bond donors (Lipinski definition) is 1. The van der Waals surface area contributed by atoms with Crippen LogP contribution >= 0.6 is 0 Å². The van der Waals surface area contributed by atoms with Crippen molar-refractivity contribution in [3.8, 4) is 0 Å². The Kier molecular flexibility index (Phi) is 4.69. The van der Waals surface area contributed by atoms with Crippen LogP contribution < -0.4 is 5.32 Å². The van der Waals surface area contributed by atoms with Gasteiger partial charge in [0.1, 0.15) is 5.78 Å². The second-order valence-electron chi connectivity index (χ2n) is 4.11. The van der Waals surface area contributed by atoms with Crippen molar-refractivity contribution in [2.75, 3.05) is 12.4 Å². The average molecular weight is 235 g/mol. The monoisotopic (exact) mass is 235 g/mol. The maximum Gasteiger partial charge on any atom is 0.411 e. The molecule has 92 valence electrons. The second-order valence-corrected chi connectivity index (χ2v) is 4.11. The normalized spacial score (nSPS) is 10.1. The molecule has 0 atom stereocenters. The fourth-order valence-corrected chi connectivity index (χ4v) is 1.28. The van der Waals surface area contributed by atoms with Gasteiger partial charge in [-0.1, -0.05) is 26.0 Å². The van der Waals surface area contributed by atoms with E-state index in [0.29, 0.717) is 12.1 Å². The molecule has 17 heavy (non-hydrogen) atoms. The summed E-state index contributed by atoms with van der Waals surface area (Å²) in [5.41, 5.74) is 1.59. The number of rotatable bonds is 4.